The molecule has 1 aromatic carbocycles. The molecule has 0 fully saturated rings. The number of carbonyl (C=O) groups excluding carboxylic acids is 1. The van der Waals surface area contributed by atoms with Crippen LogP contribution >= 0.6 is 11.8 Å². The summed E-state index contributed by atoms with van der Waals surface area (Å²) in [6.45, 7) is 1.85. The Balaban J connectivity index is 1.90. The summed E-state index contributed by atoms with van der Waals surface area (Å²) in [5.74, 6) is 0.814. The number of ketones is 1. The van der Waals surface area contributed by atoms with Gasteiger partial charge in [-0.25, -0.2) is 4.39 Å². The van der Waals surface area contributed by atoms with Crippen LogP contribution in [0.1, 0.15) is 11.3 Å². The summed E-state index contributed by atoms with van der Waals surface area (Å²) in [6.07, 6.45) is 1.73. The largest absolute Gasteiger partial charge is 0.468 e. The highest BCUT2D eigenvalue weighted by atomic mass is 32.2. The van der Waals surface area contributed by atoms with E-state index in [1.807, 2.05) is 13.0 Å². The Labute approximate surface area is 109 Å². The number of hydrogen-bond donors (Lipinski definition) is 0. The Hall–Kier alpha value is -1.55. The molecule has 0 saturated carbocycles. The van der Waals surface area contributed by atoms with Gasteiger partial charge in [-0.2, -0.15) is 0 Å². The van der Waals surface area contributed by atoms with Gasteiger partial charge in [-0.05, 0) is 24.6 Å². The van der Waals surface area contributed by atoms with Gasteiger partial charge in [-0.3, -0.25) is 4.79 Å². The average molecular weight is 264 g/mol. The van der Waals surface area contributed by atoms with E-state index in [-0.39, 0.29) is 18.0 Å². The third-order valence-electron chi connectivity index (χ3n) is 2.55. The Kier molecular flexibility index (Phi) is 4.20. The van der Waals surface area contributed by atoms with Crippen LogP contribution in [0.4, 0.5) is 4.39 Å². The van der Waals surface area contributed by atoms with Crippen molar-refractivity contribution in [3.63, 3.8) is 0 Å². The van der Waals surface area contributed by atoms with Crippen molar-refractivity contribution in [1.82, 2.24) is 0 Å². The van der Waals surface area contributed by atoms with Gasteiger partial charge in [0.1, 0.15) is 17.4 Å². The van der Waals surface area contributed by atoms with Gasteiger partial charge in [0.25, 0.3) is 0 Å². The third-order valence-corrected chi connectivity index (χ3v) is 3.75. The SMILES string of the molecule is Cc1occc1SCC(=O)Cc1ccccc1F. The number of carbonyl (C=O) groups is 1. The molecule has 0 aliphatic heterocycles. The molecule has 0 bridgehead atoms. The molecule has 2 rings (SSSR count). The maximum absolute atomic E-state index is 13.4. The van der Waals surface area contributed by atoms with E-state index in [2.05, 4.69) is 0 Å². The smallest absolute Gasteiger partial charge is 0.147 e. The number of furan rings is 1. The lowest BCUT2D eigenvalue weighted by Crippen LogP contribution is -2.07. The first kappa shape index (κ1) is 12.9. The van der Waals surface area contributed by atoms with Crippen LogP contribution in [-0.2, 0) is 11.2 Å². The number of rotatable bonds is 5. The van der Waals surface area contributed by atoms with E-state index in [0.717, 1.165) is 10.7 Å². The molecular formula is C14H13FO2S. The summed E-state index contributed by atoms with van der Waals surface area (Å²) >= 11 is 1.42. The molecule has 1 aromatic heterocycles. The predicted molar refractivity (Wildman–Crippen MR) is 69.3 cm³/mol. The molecule has 0 unspecified atom stereocenters. The molecule has 2 aromatic rings. The monoisotopic (exact) mass is 264 g/mol. The van der Waals surface area contributed by atoms with Crippen molar-refractivity contribution in [3.05, 3.63) is 53.7 Å². The van der Waals surface area contributed by atoms with Crippen LogP contribution in [0, 0.1) is 12.7 Å². The van der Waals surface area contributed by atoms with Gasteiger partial charge >= 0.3 is 0 Å². The Morgan fingerprint density at radius 3 is 2.78 bits per heavy atom. The van der Waals surface area contributed by atoms with Gasteiger partial charge in [0.2, 0.25) is 0 Å². The minimum atomic E-state index is -0.324. The number of hydrogen-bond acceptors (Lipinski definition) is 3. The van der Waals surface area contributed by atoms with E-state index in [0.29, 0.717) is 11.3 Å². The Morgan fingerprint density at radius 2 is 2.11 bits per heavy atom. The first-order valence-corrected chi connectivity index (χ1v) is 6.57. The summed E-state index contributed by atoms with van der Waals surface area (Å²) in [5.41, 5.74) is 0.451. The van der Waals surface area contributed by atoms with Gasteiger partial charge in [0.15, 0.2) is 0 Å². The molecule has 0 aliphatic carbocycles. The van der Waals surface area contributed by atoms with Gasteiger partial charge < -0.3 is 4.42 Å². The molecule has 0 atom stereocenters. The molecule has 0 N–H and O–H groups in total. The van der Waals surface area contributed by atoms with Crippen LogP contribution in [0.15, 0.2) is 45.9 Å². The standard InChI is InChI=1S/C14H13FO2S/c1-10-14(6-7-17-10)18-9-12(16)8-11-4-2-3-5-13(11)15/h2-7H,8-9H2,1H3. The van der Waals surface area contributed by atoms with Gasteiger partial charge in [0.05, 0.1) is 12.0 Å². The van der Waals surface area contributed by atoms with Crippen molar-refractivity contribution in [2.24, 2.45) is 0 Å². The van der Waals surface area contributed by atoms with Gasteiger partial charge in [0, 0.05) is 11.3 Å². The zero-order valence-electron chi connectivity index (χ0n) is 9.98. The molecule has 18 heavy (non-hydrogen) atoms. The van der Waals surface area contributed by atoms with Crippen LogP contribution in [0.25, 0.3) is 0 Å². The van der Waals surface area contributed by atoms with Crippen molar-refractivity contribution < 1.29 is 13.6 Å². The van der Waals surface area contributed by atoms with E-state index in [9.17, 15) is 9.18 Å². The van der Waals surface area contributed by atoms with Crippen LogP contribution in [0.2, 0.25) is 0 Å². The van der Waals surface area contributed by atoms with Crippen molar-refractivity contribution in [2.75, 3.05) is 5.75 Å². The molecule has 2 nitrogen and oxygen atoms in total. The van der Waals surface area contributed by atoms with Crippen LogP contribution in [0.3, 0.4) is 0 Å². The number of thioether (sulfide) groups is 1. The number of benzene rings is 1. The fourth-order valence-electron chi connectivity index (χ4n) is 1.59. The second-order valence-corrected chi connectivity index (χ2v) is 4.95. The van der Waals surface area contributed by atoms with Crippen molar-refractivity contribution >= 4 is 17.5 Å². The van der Waals surface area contributed by atoms with Crippen molar-refractivity contribution in [2.45, 2.75) is 18.2 Å². The highest BCUT2D eigenvalue weighted by Gasteiger charge is 2.10. The van der Waals surface area contributed by atoms with Gasteiger partial charge in [-0.1, -0.05) is 18.2 Å². The van der Waals surface area contributed by atoms with Crippen LogP contribution in [0.5, 0.6) is 0 Å². The highest BCUT2D eigenvalue weighted by molar-refractivity contribution is 8.00. The van der Waals surface area contributed by atoms with Crippen LogP contribution < -0.4 is 0 Å². The molecule has 94 valence electrons. The number of halogens is 1. The third kappa shape index (κ3) is 3.23. The summed E-state index contributed by atoms with van der Waals surface area (Å²) in [7, 11) is 0. The summed E-state index contributed by atoms with van der Waals surface area (Å²) in [5, 5.41) is 0. The van der Waals surface area contributed by atoms with E-state index in [1.54, 1.807) is 24.5 Å². The Morgan fingerprint density at radius 1 is 1.33 bits per heavy atom. The Bertz CT molecular complexity index is 548. The van der Waals surface area contributed by atoms with Gasteiger partial charge in [-0.15, -0.1) is 11.8 Å². The summed E-state index contributed by atoms with van der Waals surface area (Å²) in [6, 6.07) is 8.19. The lowest BCUT2D eigenvalue weighted by Gasteiger charge is -2.02. The molecule has 0 radical (unpaired) electrons. The fourth-order valence-corrected chi connectivity index (χ4v) is 2.41. The van der Waals surface area contributed by atoms with E-state index in [4.69, 9.17) is 4.42 Å². The average Bonchev–Trinajstić information content (AvgIpc) is 2.75. The molecule has 0 saturated heterocycles. The minimum absolute atomic E-state index is 0.00528. The fraction of sp³-hybridized carbons (Fsp3) is 0.214. The zero-order valence-corrected chi connectivity index (χ0v) is 10.8. The number of aryl methyl sites for hydroxylation is 1. The predicted octanol–water partition coefficient (Wildman–Crippen LogP) is 3.63. The molecular weight excluding hydrogens is 251 g/mol. The number of Topliss-reactive ketones (excluding diaryl/α,β-unsaturated/α-hetero) is 1. The quantitative estimate of drug-likeness (QED) is 0.772. The lowest BCUT2D eigenvalue weighted by atomic mass is 10.1. The molecule has 0 aliphatic rings. The zero-order chi connectivity index (χ0) is 13.0. The van der Waals surface area contributed by atoms with Crippen LogP contribution in [-0.4, -0.2) is 11.5 Å². The second-order valence-electron chi connectivity index (χ2n) is 3.94. The van der Waals surface area contributed by atoms with Crippen molar-refractivity contribution in [3.8, 4) is 0 Å². The maximum Gasteiger partial charge on any atom is 0.147 e. The van der Waals surface area contributed by atoms with E-state index < -0.39 is 0 Å². The highest BCUT2D eigenvalue weighted by Crippen LogP contribution is 2.23. The van der Waals surface area contributed by atoms with E-state index in [1.165, 1.54) is 17.8 Å². The first-order valence-electron chi connectivity index (χ1n) is 5.59. The molecule has 0 spiro atoms. The topological polar surface area (TPSA) is 30.2 Å². The lowest BCUT2D eigenvalue weighted by molar-refractivity contribution is -0.116. The summed E-state index contributed by atoms with van der Waals surface area (Å²) in [4.78, 5) is 12.7. The molecule has 4 heteroatoms. The summed E-state index contributed by atoms with van der Waals surface area (Å²) < 4.78 is 18.5. The first-order chi connectivity index (χ1) is 8.66. The van der Waals surface area contributed by atoms with E-state index >= 15 is 0 Å². The second kappa shape index (κ2) is 5.87. The maximum atomic E-state index is 13.4. The molecule has 0 amide bonds. The van der Waals surface area contributed by atoms with Crippen molar-refractivity contribution in [1.29, 1.82) is 0 Å². The normalized spacial score (nSPS) is 10.6. The minimum Gasteiger partial charge on any atom is -0.468 e. The molecule has 1 heterocycles.